The van der Waals surface area contributed by atoms with E-state index in [1.165, 1.54) is 7.11 Å². The number of benzene rings is 2. The monoisotopic (exact) mass is 378 g/mol. The number of ether oxygens (including phenoxy) is 1. The second kappa shape index (κ2) is 8.67. The first-order valence-electron chi connectivity index (χ1n) is 7.27. The van der Waals surface area contributed by atoms with E-state index in [0.717, 1.165) is 18.3 Å². The third kappa shape index (κ3) is 5.08. The van der Waals surface area contributed by atoms with Crippen molar-refractivity contribution in [2.24, 2.45) is 5.10 Å². The maximum atomic E-state index is 11.8. The summed E-state index contributed by atoms with van der Waals surface area (Å²) < 4.78 is 4.88. The van der Waals surface area contributed by atoms with Crippen molar-refractivity contribution in [3.05, 3.63) is 57.1 Å². The van der Waals surface area contributed by atoms with Gasteiger partial charge in [-0.3, -0.25) is 14.9 Å². The van der Waals surface area contributed by atoms with E-state index in [1.54, 1.807) is 24.3 Å². The number of hydrogen-bond acceptors (Lipinski definition) is 7. The van der Waals surface area contributed by atoms with E-state index in [-0.39, 0.29) is 29.3 Å². The lowest BCUT2D eigenvalue weighted by molar-refractivity contribution is -0.385. The van der Waals surface area contributed by atoms with Crippen LogP contribution >= 0.6 is 11.6 Å². The summed E-state index contributed by atoms with van der Waals surface area (Å²) in [5.74, 6) is -0.860. The highest BCUT2D eigenvalue weighted by molar-refractivity contribution is 6.30. The third-order valence-electron chi connectivity index (χ3n) is 3.19. The maximum Gasteiger partial charge on any atom is 0.274 e. The molecule has 2 rings (SSSR count). The number of non-ortho nitro benzene ring substituents is 1. The third-order valence-corrected chi connectivity index (χ3v) is 3.43. The Bertz CT molecular complexity index is 857. The van der Waals surface area contributed by atoms with E-state index in [0.29, 0.717) is 10.7 Å². The average molecular weight is 379 g/mol. The molecule has 136 valence electrons. The molecule has 0 aliphatic carbocycles. The minimum atomic E-state index is -0.632. The molecule has 3 N–H and O–H groups in total. The Morgan fingerprint density at radius 3 is 2.85 bits per heavy atom. The summed E-state index contributed by atoms with van der Waals surface area (Å²) in [7, 11) is 1.27. The SMILES string of the molecule is COc1cc([N+](=O)[O-])cc(C=NNC(=O)CNc2cccc(Cl)c2)c1O. The summed E-state index contributed by atoms with van der Waals surface area (Å²) >= 11 is 5.84. The summed E-state index contributed by atoms with van der Waals surface area (Å²) in [6.45, 7) is -0.0675. The van der Waals surface area contributed by atoms with Gasteiger partial charge in [-0.05, 0) is 18.2 Å². The van der Waals surface area contributed by atoms with Crippen molar-refractivity contribution in [1.29, 1.82) is 0 Å². The molecule has 0 unspecified atom stereocenters. The number of hydrazone groups is 1. The molecule has 0 saturated carbocycles. The molecule has 0 radical (unpaired) electrons. The molecule has 0 saturated heterocycles. The molecule has 2 aromatic carbocycles. The molecule has 2 aromatic rings. The predicted octanol–water partition coefficient (Wildman–Crippen LogP) is 2.52. The number of amides is 1. The van der Waals surface area contributed by atoms with Crippen LogP contribution in [-0.4, -0.2) is 35.8 Å². The van der Waals surface area contributed by atoms with Crippen molar-refractivity contribution in [2.75, 3.05) is 19.0 Å². The minimum Gasteiger partial charge on any atom is -0.504 e. The number of carbonyl (C=O) groups is 1. The summed E-state index contributed by atoms with van der Waals surface area (Å²) in [4.78, 5) is 22.0. The number of rotatable bonds is 7. The normalized spacial score (nSPS) is 10.5. The standard InChI is InChI=1S/C16H15ClN4O5/c1-26-14-7-13(21(24)25)5-10(16(14)23)8-19-20-15(22)9-18-12-4-2-3-11(17)6-12/h2-8,18,23H,9H2,1H3,(H,20,22). The van der Waals surface area contributed by atoms with Gasteiger partial charge in [0.1, 0.15) is 0 Å². The fourth-order valence-corrected chi connectivity index (χ4v) is 2.16. The Morgan fingerprint density at radius 1 is 1.42 bits per heavy atom. The highest BCUT2D eigenvalue weighted by Crippen LogP contribution is 2.33. The lowest BCUT2D eigenvalue weighted by Crippen LogP contribution is -2.25. The molecule has 0 spiro atoms. The quantitative estimate of drug-likeness (QED) is 0.386. The van der Waals surface area contributed by atoms with Crippen LogP contribution in [0.15, 0.2) is 41.5 Å². The van der Waals surface area contributed by atoms with Gasteiger partial charge in [0.2, 0.25) is 0 Å². The van der Waals surface area contributed by atoms with E-state index >= 15 is 0 Å². The highest BCUT2D eigenvalue weighted by Gasteiger charge is 2.15. The van der Waals surface area contributed by atoms with Crippen LogP contribution in [0.25, 0.3) is 0 Å². The Balaban J connectivity index is 2.00. The molecule has 1 amide bonds. The van der Waals surface area contributed by atoms with Gasteiger partial charge in [0.25, 0.3) is 11.6 Å². The first-order chi connectivity index (χ1) is 12.4. The number of anilines is 1. The van der Waals surface area contributed by atoms with Crippen molar-refractivity contribution in [1.82, 2.24) is 5.43 Å². The smallest absolute Gasteiger partial charge is 0.274 e. The number of aromatic hydroxyl groups is 1. The highest BCUT2D eigenvalue weighted by atomic mass is 35.5. The number of phenols is 1. The summed E-state index contributed by atoms with van der Waals surface area (Å²) in [6.07, 6.45) is 1.09. The number of nitro benzene ring substituents is 1. The second-order valence-corrected chi connectivity index (χ2v) is 5.44. The van der Waals surface area contributed by atoms with Crippen LogP contribution < -0.4 is 15.5 Å². The maximum absolute atomic E-state index is 11.8. The van der Waals surface area contributed by atoms with Gasteiger partial charge in [0, 0.05) is 22.3 Å². The molecule has 9 nitrogen and oxygen atoms in total. The molecule has 26 heavy (non-hydrogen) atoms. The van der Waals surface area contributed by atoms with Crippen molar-refractivity contribution in [3.63, 3.8) is 0 Å². The lowest BCUT2D eigenvalue weighted by atomic mass is 10.2. The van der Waals surface area contributed by atoms with Gasteiger partial charge in [-0.1, -0.05) is 17.7 Å². The molecule has 0 bridgehead atoms. The molecule has 10 heteroatoms. The second-order valence-electron chi connectivity index (χ2n) is 5.00. The van der Waals surface area contributed by atoms with E-state index in [4.69, 9.17) is 16.3 Å². The first-order valence-corrected chi connectivity index (χ1v) is 7.65. The van der Waals surface area contributed by atoms with Crippen LogP contribution in [0.2, 0.25) is 5.02 Å². The molecule has 0 heterocycles. The van der Waals surface area contributed by atoms with Crippen LogP contribution in [0.4, 0.5) is 11.4 Å². The van der Waals surface area contributed by atoms with Crippen LogP contribution in [0.1, 0.15) is 5.56 Å². The van der Waals surface area contributed by atoms with Gasteiger partial charge >= 0.3 is 0 Å². The molecule has 0 atom stereocenters. The predicted molar refractivity (Wildman–Crippen MR) is 97.0 cm³/mol. The number of hydrogen-bond donors (Lipinski definition) is 3. The van der Waals surface area contributed by atoms with Gasteiger partial charge < -0.3 is 15.2 Å². The number of methoxy groups -OCH3 is 1. The van der Waals surface area contributed by atoms with Gasteiger partial charge in [-0.2, -0.15) is 5.10 Å². The van der Waals surface area contributed by atoms with Crippen LogP contribution in [0, 0.1) is 10.1 Å². The van der Waals surface area contributed by atoms with E-state index < -0.39 is 10.8 Å². The molecular weight excluding hydrogens is 364 g/mol. The molecule has 0 aliphatic rings. The number of nitrogens with zero attached hydrogens (tertiary/aromatic N) is 2. The van der Waals surface area contributed by atoms with Crippen molar-refractivity contribution in [2.45, 2.75) is 0 Å². The van der Waals surface area contributed by atoms with Crippen LogP contribution in [0.3, 0.4) is 0 Å². The van der Waals surface area contributed by atoms with Crippen LogP contribution in [-0.2, 0) is 4.79 Å². The number of carbonyl (C=O) groups excluding carboxylic acids is 1. The number of halogens is 1. The zero-order chi connectivity index (χ0) is 19.1. The van der Waals surface area contributed by atoms with E-state index in [9.17, 15) is 20.0 Å². The van der Waals surface area contributed by atoms with Gasteiger partial charge in [-0.15, -0.1) is 0 Å². The molecular formula is C16H15ClN4O5. The van der Waals surface area contributed by atoms with Gasteiger partial charge in [0.05, 0.1) is 30.9 Å². The Labute approximate surface area is 153 Å². The fourth-order valence-electron chi connectivity index (χ4n) is 1.97. The van der Waals surface area contributed by atoms with Crippen molar-refractivity contribution in [3.8, 4) is 11.5 Å². The lowest BCUT2D eigenvalue weighted by Gasteiger charge is -2.07. The molecule has 0 aromatic heterocycles. The van der Waals surface area contributed by atoms with E-state index in [2.05, 4.69) is 15.8 Å². The Morgan fingerprint density at radius 2 is 2.19 bits per heavy atom. The summed E-state index contributed by atoms with van der Waals surface area (Å²) in [5, 5.41) is 27.9. The zero-order valence-electron chi connectivity index (χ0n) is 13.6. The summed E-state index contributed by atoms with van der Waals surface area (Å²) in [5.41, 5.74) is 2.65. The zero-order valence-corrected chi connectivity index (χ0v) is 14.4. The van der Waals surface area contributed by atoms with Gasteiger partial charge in [0.15, 0.2) is 11.5 Å². The average Bonchev–Trinajstić information content (AvgIpc) is 2.61. The molecule has 0 aliphatic heterocycles. The number of nitro groups is 1. The topological polar surface area (TPSA) is 126 Å². The van der Waals surface area contributed by atoms with Gasteiger partial charge in [-0.25, -0.2) is 5.43 Å². The minimum absolute atomic E-state index is 0.0270. The van der Waals surface area contributed by atoms with Crippen molar-refractivity contribution < 1.29 is 19.6 Å². The number of nitrogens with one attached hydrogen (secondary N) is 2. The first kappa shape index (κ1) is 19.0. The van der Waals surface area contributed by atoms with Crippen molar-refractivity contribution >= 4 is 35.1 Å². The number of phenolic OH excluding ortho intramolecular Hbond substituents is 1. The van der Waals surface area contributed by atoms with E-state index in [1.807, 2.05) is 0 Å². The largest absolute Gasteiger partial charge is 0.504 e. The van der Waals surface area contributed by atoms with Crippen LogP contribution in [0.5, 0.6) is 11.5 Å². The summed E-state index contributed by atoms with van der Waals surface area (Å²) in [6, 6.07) is 9.04. The Kier molecular flexibility index (Phi) is 6.34. The fraction of sp³-hybridized carbons (Fsp3) is 0.125. The Hall–Kier alpha value is -3.33. The molecule has 0 fully saturated rings.